The van der Waals surface area contributed by atoms with Crippen molar-refractivity contribution in [1.82, 2.24) is 4.90 Å². The lowest BCUT2D eigenvalue weighted by Gasteiger charge is -2.30. The number of carbonyl (C=O) groups is 1. The van der Waals surface area contributed by atoms with Crippen LogP contribution in [0.4, 0.5) is 0 Å². The van der Waals surface area contributed by atoms with Crippen molar-refractivity contribution in [3.8, 4) is 0 Å². The van der Waals surface area contributed by atoms with Crippen LogP contribution in [-0.2, 0) is 4.79 Å². The van der Waals surface area contributed by atoms with Crippen LogP contribution in [0.25, 0.3) is 0 Å². The first-order valence-corrected chi connectivity index (χ1v) is 7.02. The van der Waals surface area contributed by atoms with Gasteiger partial charge in [-0.2, -0.15) is 0 Å². The molecule has 1 aliphatic heterocycles. The van der Waals surface area contributed by atoms with E-state index in [0.717, 1.165) is 12.3 Å². The molecule has 1 aliphatic rings. The van der Waals surface area contributed by atoms with E-state index < -0.39 is 0 Å². The number of thioether (sulfide) groups is 1. The maximum absolute atomic E-state index is 12.4. The van der Waals surface area contributed by atoms with Gasteiger partial charge in [0.2, 0.25) is 5.91 Å². The highest BCUT2D eigenvalue weighted by molar-refractivity contribution is 7.99. The monoisotopic (exact) mass is 249 g/mol. The Morgan fingerprint density at radius 2 is 1.94 bits per heavy atom. The zero-order chi connectivity index (χ0) is 12.5. The molecule has 1 aromatic carbocycles. The van der Waals surface area contributed by atoms with E-state index in [-0.39, 0.29) is 16.7 Å². The van der Waals surface area contributed by atoms with Gasteiger partial charge in [0, 0.05) is 17.7 Å². The van der Waals surface area contributed by atoms with Gasteiger partial charge in [-0.15, -0.1) is 11.8 Å². The first-order valence-electron chi connectivity index (χ1n) is 5.98. The predicted octanol–water partition coefficient (Wildman–Crippen LogP) is 3.31. The molecule has 0 aliphatic carbocycles. The third-order valence-corrected chi connectivity index (χ3v) is 4.14. The van der Waals surface area contributed by atoms with E-state index in [0.29, 0.717) is 0 Å². The number of nitrogens with zero attached hydrogens (tertiary/aromatic N) is 1. The first-order chi connectivity index (χ1) is 8.00. The van der Waals surface area contributed by atoms with Gasteiger partial charge in [0.05, 0.1) is 0 Å². The van der Waals surface area contributed by atoms with Crippen LogP contribution in [0, 0.1) is 5.41 Å². The topological polar surface area (TPSA) is 20.3 Å². The van der Waals surface area contributed by atoms with E-state index in [9.17, 15) is 4.79 Å². The van der Waals surface area contributed by atoms with Crippen molar-refractivity contribution in [3.63, 3.8) is 0 Å². The molecule has 1 amide bonds. The van der Waals surface area contributed by atoms with Crippen LogP contribution in [0.15, 0.2) is 30.3 Å². The summed E-state index contributed by atoms with van der Waals surface area (Å²) >= 11 is 1.85. The second-order valence-electron chi connectivity index (χ2n) is 5.38. The smallest absolute Gasteiger partial charge is 0.229 e. The van der Waals surface area contributed by atoms with Gasteiger partial charge in [0.1, 0.15) is 5.37 Å². The average molecular weight is 249 g/mol. The highest BCUT2D eigenvalue weighted by Crippen LogP contribution is 2.39. The van der Waals surface area contributed by atoms with Gasteiger partial charge in [-0.25, -0.2) is 0 Å². The summed E-state index contributed by atoms with van der Waals surface area (Å²) in [5.74, 6) is 1.28. The first kappa shape index (κ1) is 12.5. The number of hydrogen-bond donors (Lipinski definition) is 0. The summed E-state index contributed by atoms with van der Waals surface area (Å²) in [6.45, 7) is 6.82. The van der Waals surface area contributed by atoms with E-state index in [1.54, 1.807) is 0 Å². The summed E-state index contributed by atoms with van der Waals surface area (Å²) in [5.41, 5.74) is 0.936. The third-order valence-electron chi connectivity index (χ3n) is 2.88. The Morgan fingerprint density at radius 1 is 1.29 bits per heavy atom. The summed E-state index contributed by atoms with van der Waals surface area (Å²) in [6, 6.07) is 10.3. The zero-order valence-electron chi connectivity index (χ0n) is 10.6. The molecule has 0 aromatic heterocycles. The Kier molecular flexibility index (Phi) is 3.48. The van der Waals surface area contributed by atoms with Crippen molar-refractivity contribution in [1.29, 1.82) is 0 Å². The van der Waals surface area contributed by atoms with Crippen molar-refractivity contribution in [3.05, 3.63) is 35.9 Å². The van der Waals surface area contributed by atoms with Gasteiger partial charge in [0.25, 0.3) is 0 Å². The number of rotatable bonds is 1. The molecule has 0 saturated carbocycles. The molecule has 1 atom stereocenters. The van der Waals surface area contributed by atoms with Crippen molar-refractivity contribution in [2.45, 2.75) is 26.1 Å². The summed E-state index contributed by atoms with van der Waals surface area (Å²) in [6.07, 6.45) is 0. The third kappa shape index (κ3) is 2.65. The molecule has 0 bridgehead atoms. The van der Waals surface area contributed by atoms with E-state index in [4.69, 9.17) is 0 Å². The van der Waals surface area contributed by atoms with Crippen LogP contribution in [0.3, 0.4) is 0 Å². The van der Waals surface area contributed by atoms with Gasteiger partial charge in [-0.05, 0) is 5.56 Å². The van der Waals surface area contributed by atoms with Crippen LogP contribution >= 0.6 is 11.8 Å². The molecule has 92 valence electrons. The average Bonchev–Trinajstić information content (AvgIpc) is 2.76. The van der Waals surface area contributed by atoms with E-state index >= 15 is 0 Å². The molecule has 0 spiro atoms. The fourth-order valence-corrected chi connectivity index (χ4v) is 3.26. The number of amides is 1. The maximum Gasteiger partial charge on any atom is 0.229 e. The van der Waals surface area contributed by atoms with E-state index in [1.165, 1.54) is 5.56 Å². The SMILES string of the molecule is CC(C)(C)C(=O)N1CCSC1c1ccccc1. The van der Waals surface area contributed by atoms with Gasteiger partial charge in [-0.1, -0.05) is 51.1 Å². The van der Waals surface area contributed by atoms with Gasteiger partial charge in [0.15, 0.2) is 0 Å². The summed E-state index contributed by atoms with van der Waals surface area (Å²) < 4.78 is 0. The Hall–Kier alpha value is -0.960. The summed E-state index contributed by atoms with van der Waals surface area (Å²) in [4.78, 5) is 14.4. The molecule has 1 heterocycles. The van der Waals surface area contributed by atoms with Gasteiger partial charge in [-0.3, -0.25) is 4.79 Å². The second-order valence-corrected chi connectivity index (χ2v) is 6.57. The van der Waals surface area contributed by atoms with Crippen LogP contribution in [0.2, 0.25) is 0 Å². The molecule has 1 aromatic rings. The quantitative estimate of drug-likeness (QED) is 0.761. The van der Waals surface area contributed by atoms with E-state index in [1.807, 2.05) is 55.6 Å². The van der Waals surface area contributed by atoms with Crippen molar-refractivity contribution >= 4 is 17.7 Å². The highest BCUT2D eigenvalue weighted by atomic mass is 32.2. The van der Waals surface area contributed by atoms with Crippen LogP contribution in [0.5, 0.6) is 0 Å². The van der Waals surface area contributed by atoms with Gasteiger partial charge < -0.3 is 4.90 Å². The molecule has 1 unspecified atom stereocenters. The van der Waals surface area contributed by atoms with Gasteiger partial charge >= 0.3 is 0 Å². The van der Waals surface area contributed by atoms with Crippen LogP contribution in [0.1, 0.15) is 31.7 Å². The fourth-order valence-electron chi connectivity index (χ4n) is 2.00. The van der Waals surface area contributed by atoms with Crippen molar-refractivity contribution in [2.24, 2.45) is 5.41 Å². The molecular formula is C14H19NOS. The number of benzene rings is 1. The minimum Gasteiger partial charge on any atom is -0.325 e. The minimum absolute atomic E-state index is 0.197. The minimum atomic E-state index is -0.294. The molecule has 17 heavy (non-hydrogen) atoms. The molecular weight excluding hydrogens is 230 g/mol. The van der Waals surface area contributed by atoms with E-state index in [2.05, 4.69) is 12.1 Å². The normalized spacial score (nSPS) is 20.6. The Labute approximate surface area is 107 Å². The second kappa shape index (κ2) is 4.73. The highest BCUT2D eigenvalue weighted by Gasteiger charge is 2.35. The predicted molar refractivity (Wildman–Crippen MR) is 72.8 cm³/mol. The molecule has 0 radical (unpaired) electrons. The molecule has 1 saturated heterocycles. The lowest BCUT2D eigenvalue weighted by atomic mass is 9.94. The molecule has 2 rings (SSSR count). The van der Waals surface area contributed by atoms with Crippen LogP contribution in [-0.4, -0.2) is 23.1 Å². The molecule has 0 N–H and O–H groups in total. The summed E-state index contributed by atoms with van der Waals surface area (Å²) in [7, 11) is 0. The lowest BCUT2D eigenvalue weighted by molar-refractivity contribution is -0.139. The molecule has 3 heteroatoms. The Bertz CT molecular complexity index is 396. The number of carbonyl (C=O) groups excluding carboxylic acids is 1. The maximum atomic E-state index is 12.4. The lowest BCUT2D eigenvalue weighted by Crippen LogP contribution is -2.38. The Morgan fingerprint density at radius 3 is 2.53 bits per heavy atom. The zero-order valence-corrected chi connectivity index (χ0v) is 11.5. The fraction of sp³-hybridized carbons (Fsp3) is 0.500. The summed E-state index contributed by atoms with van der Waals surface area (Å²) in [5, 5.41) is 0.197. The largest absolute Gasteiger partial charge is 0.325 e. The molecule has 2 nitrogen and oxygen atoms in total. The van der Waals surface area contributed by atoms with Crippen LogP contribution < -0.4 is 0 Å². The van der Waals surface area contributed by atoms with Crippen molar-refractivity contribution in [2.75, 3.05) is 12.3 Å². The van der Waals surface area contributed by atoms with Crippen molar-refractivity contribution < 1.29 is 4.79 Å². The Balaban J connectivity index is 2.22. The standard InChI is InChI=1S/C14H19NOS/c1-14(2,3)13(16)15-9-10-17-12(15)11-7-5-4-6-8-11/h4-8,12H,9-10H2,1-3H3. The number of hydrogen-bond acceptors (Lipinski definition) is 2. The molecule has 1 fully saturated rings.